The van der Waals surface area contributed by atoms with Crippen LogP contribution in [0.5, 0.6) is 5.75 Å². The first kappa shape index (κ1) is 15.2. The third kappa shape index (κ3) is 2.70. The topological polar surface area (TPSA) is 35.0 Å². The molecule has 0 atom stereocenters. The molecule has 7 heteroatoms. The van der Waals surface area contributed by atoms with Gasteiger partial charge in [0.05, 0.1) is 14.7 Å². The van der Waals surface area contributed by atoms with Crippen molar-refractivity contribution in [3.63, 3.8) is 0 Å². The number of nitrogens with zero attached hydrogens (tertiary/aromatic N) is 2. The Morgan fingerprint density at radius 2 is 2.00 bits per heavy atom. The van der Waals surface area contributed by atoms with Crippen molar-refractivity contribution in [2.45, 2.75) is 6.92 Å². The van der Waals surface area contributed by atoms with Crippen LogP contribution < -0.4 is 4.74 Å². The summed E-state index contributed by atoms with van der Waals surface area (Å²) in [6.45, 7) is 1.98. The van der Waals surface area contributed by atoms with E-state index in [2.05, 4.69) is 41.8 Å². The average Bonchev–Trinajstić information content (AvgIpc) is 2.77. The number of aromatic nitrogens is 2. The molecule has 3 nitrogen and oxygen atoms in total. The molecule has 0 N–H and O–H groups in total. The fourth-order valence-corrected chi connectivity index (χ4v) is 5.21. The quantitative estimate of drug-likeness (QED) is 0.461. The summed E-state index contributed by atoms with van der Waals surface area (Å²) < 4.78 is 7.35. The van der Waals surface area contributed by atoms with Crippen LogP contribution in [0.1, 0.15) is 5.56 Å². The van der Waals surface area contributed by atoms with Crippen molar-refractivity contribution in [2.75, 3.05) is 7.11 Å². The van der Waals surface area contributed by atoms with Crippen molar-refractivity contribution in [2.24, 2.45) is 0 Å². The lowest BCUT2D eigenvalue weighted by Crippen LogP contribution is -1.96. The monoisotopic (exact) mass is 446 g/mol. The first-order valence-corrected chi connectivity index (χ1v) is 8.75. The number of aryl methyl sites for hydroxylation is 1. The Morgan fingerprint density at radius 3 is 2.62 bits per heavy atom. The van der Waals surface area contributed by atoms with E-state index in [1.807, 2.05) is 25.1 Å². The van der Waals surface area contributed by atoms with Gasteiger partial charge in [0.2, 0.25) is 0 Å². The Kier molecular flexibility index (Phi) is 4.23. The van der Waals surface area contributed by atoms with Crippen LogP contribution in [-0.4, -0.2) is 17.1 Å². The summed E-state index contributed by atoms with van der Waals surface area (Å²) in [5, 5.41) is 1.26. The SMILES string of the molecule is COc1ccc(C)c2c(Cl)nc(-c3cc(Br)sc3Br)nc12. The van der Waals surface area contributed by atoms with Crippen LogP contribution in [-0.2, 0) is 0 Å². The lowest BCUT2D eigenvalue weighted by Gasteiger charge is -2.10. The number of benzene rings is 1. The van der Waals surface area contributed by atoms with Crippen LogP contribution in [0.15, 0.2) is 25.8 Å². The summed E-state index contributed by atoms with van der Waals surface area (Å²) in [5.74, 6) is 1.26. The predicted molar refractivity (Wildman–Crippen MR) is 94.6 cm³/mol. The third-order valence-electron chi connectivity index (χ3n) is 3.09. The van der Waals surface area contributed by atoms with Gasteiger partial charge < -0.3 is 4.74 Å². The molecule has 2 heterocycles. The number of thiophene rings is 1. The zero-order valence-corrected chi connectivity index (χ0v) is 15.8. The fourth-order valence-electron chi connectivity index (χ4n) is 2.10. The van der Waals surface area contributed by atoms with Crippen molar-refractivity contribution in [1.82, 2.24) is 9.97 Å². The van der Waals surface area contributed by atoms with Gasteiger partial charge in [0.1, 0.15) is 16.4 Å². The van der Waals surface area contributed by atoms with E-state index in [1.54, 1.807) is 18.4 Å². The second-order valence-electron chi connectivity index (χ2n) is 4.38. The van der Waals surface area contributed by atoms with Gasteiger partial charge in [0, 0.05) is 10.9 Å². The van der Waals surface area contributed by atoms with Crippen molar-refractivity contribution in [3.05, 3.63) is 36.5 Å². The summed E-state index contributed by atoms with van der Waals surface area (Å²) >= 11 is 14.9. The van der Waals surface area contributed by atoms with Crippen LogP contribution in [0, 0.1) is 6.92 Å². The molecular formula is C14H9Br2ClN2OS. The summed E-state index contributed by atoms with van der Waals surface area (Å²) in [7, 11) is 1.62. The second-order valence-corrected chi connectivity index (χ2v) is 8.49. The highest BCUT2D eigenvalue weighted by molar-refractivity contribution is 9.12. The number of hydrogen-bond donors (Lipinski definition) is 0. The van der Waals surface area contributed by atoms with Gasteiger partial charge in [-0.25, -0.2) is 9.97 Å². The standard InChI is InChI=1S/C14H9Br2ClN2OS/c1-6-3-4-8(20-2)11-10(6)13(17)19-14(18-11)7-5-9(15)21-12(7)16/h3-5H,1-2H3. The molecule has 2 aromatic heterocycles. The van der Waals surface area contributed by atoms with Gasteiger partial charge in [-0.15, -0.1) is 11.3 Å². The van der Waals surface area contributed by atoms with Gasteiger partial charge in [-0.3, -0.25) is 0 Å². The summed E-state index contributed by atoms with van der Waals surface area (Å²) in [5.41, 5.74) is 2.65. The van der Waals surface area contributed by atoms with E-state index < -0.39 is 0 Å². The van der Waals surface area contributed by atoms with Crippen molar-refractivity contribution in [1.29, 1.82) is 0 Å². The normalized spacial score (nSPS) is 11.1. The number of fused-ring (bicyclic) bond motifs is 1. The first-order valence-electron chi connectivity index (χ1n) is 5.97. The smallest absolute Gasteiger partial charge is 0.163 e. The highest BCUT2D eigenvalue weighted by Gasteiger charge is 2.16. The minimum absolute atomic E-state index is 0.431. The van der Waals surface area contributed by atoms with Crippen molar-refractivity contribution >= 4 is 65.7 Å². The molecule has 0 spiro atoms. The Labute approximate surface area is 147 Å². The second kappa shape index (κ2) is 5.83. The van der Waals surface area contributed by atoms with Crippen LogP contribution in [0.4, 0.5) is 0 Å². The molecule has 21 heavy (non-hydrogen) atoms. The molecule has 108 valence electrons. The van der Waals surface area contributed by atoms with Gasteiger partial charge in [0.15, 0.2) is 5.82 Å². The van der Waals surface area contributed by atoms with Crippen molar-refractivity contribution in [3.8, 4) is 17.1 Å². The number of hydrogen-bond acceptors (Lipinski definition) is 4. The molecule has 0 aliphatic heterocycles. The number of methoxy groups -OCH3 is 1. The van der Waals surface area contributed by atoms with Crippen LogP contribution in [0.2, 0.25) is 5.15 Å². The highest BCUT2D eigenvalue weighted by Crippen LogP contribution is 2.39. The molecule has 3 aromatic rings. The summed E-state index contributed by atoms with van der Waals surface area (Å²) in [6.07, 6.45) is 0. The van der Waals surface area contributed by atoms with Gasteiger partial charge in [-0.2, -0.15) is 0 Å². The fraction of sp³-hybridized carbons (Fsp3) is 0.143. The molecule has 0 radical (unpaired) electrons. The minimum Gasteiger partial charge on any atom is -0.494 e. The lowest BCUT2D eigenvalue weighted by atomic mass is 10.1. The van der Waals surface area contributed by atoms with Crippen LogP contribution in [0.25, 0.3) is 22.3 Å². The van der Waals surface area contributed by atoms with Gasteiger partial charge >= 0.3 is 0 Å². The predicted octanol–water partition coefficient (Wildman–Crippen LogP) is 5.85. The minimum atomic E-state index is 0.431. The molecule has 0 aliphatic rings. The van der Waals surface area contributed by atoms with E-state index in [0.717, 1.165) is 29.6 Å². The van der Waals surface area contributed by atoms with E-state index in [-0.39, 0.29) is 0 Å². The van der Waals surface area contributed by atoms with Crippen LogP contribution >= 0.6 is 54.8 Å². The number of halogens is 3. The largest absolute Gasteiger partial charge is 0.494 e. The van der Waals surface area contributed by atoms with E-state index in [1.165, 1.54) is 0 Å². The molecule has 3 rings (SSSR count). The maximum atomic E-state index is 6.38. The van der Waals surface area contributed by atoms with E-state index in [0.29, 0.717) is 16.7 Å². The molecule has 0 amide bonds. The lowest BCUT2D eigenvalue weighted by molar-refractivity contribution is 0.419. The molecule has 0 bridgehead atoms. The van der Waals surface area contributed by atoms with Gasteiger partial charge in [0.25, 0.3) is 0 Å². The molecule has 1 aromatic carbocycles. The Balaban J connectivity index is 2.35. The van der Waals surface area contributed by atoms with Gasteiger partial charge in [-0.05, 0) is 56.5 Å². The van der Waals surface area contributed by atoms with E-state index in [4.69, 9.17) is 16.3 Å². The molecule has 0 saturated heterocycles. The zero-order valence-electron chi connectivity index (χ0n) is 11.1. The molecular weight excluding hydrogens is 439 g/mol. The van der Waals surface area contributed by atoms with E-state index >= 15 is 0 Å². The maximum absolute atomic E-state index is 6.38. The molecule has 0 fully saturated rings. The molecule has 0 unspecified atom stereocenters. The molecule has 0 aliphatic carbocycles. The number of rotatable bonds is 2. The summed E-state index contributed by atoms with van der Waals surface area (Å²) in [4.78, 5) is 9.08. The van der Waals surface area contributed by atoms with Crippen LogP contribution in [0.3, 0.4) is 0 Å². The Bertz CT molecular complexity index is 851. The average molecular weight is 449 g/mol. The highest BCUT2D eigenvalue weighted by atomic mass is 79.9. The first-order chi connectivity index (χ1) is 10.0. The number of ether oxygens (including phenoxy) is 1. The maximum Gasteiger partial charge on any atom is 0.163 e. The van der Waals surface area contributed by atoms with E-state index in [9.17, 15) is 0 Å². The van der Waals surface area contributed by atoms with Gasteiger partial charge in [-0.1, -0.05) is 17.7 Å². The van der Waals surface area contributed by atoms with Crippen molar-refractivity contribution < 1.29 is 4.74 Å². The Morgan fingerprint density at radius 1 is 1.24 bits per heavy atom. The summed E-state index contributed by atoms with van der Waals surface area (Å²) in [6, 6.07) is 5.81. The molecule has 0 saturated carbocycles. The Hall–Kier alpha value is -0.690. The third-order valence-corrected chi connectivity index (χ3v) is 5.71. The zero-order chi connectivity index (χ0) is 15.1.